The van der Waals surface area contributed by atoms with E-state index in [4.69, 9.17) is 4.52 Å². The molecule has 128 valence electrons. The van der Waals surface area contributed by atoms with Crippen molar-refractivity contribution in [2.75, 3.05) is 12.4 Å². The third kappa shape index (κ3) is 3.68. The fraction of sp³-hybridized carbons (Fsp3) is 0.765. The Labute approximate surface area is 138 Å². The first-order valence-corrected chi connectivity index (χ1v) is 8.59. The van der Waals surface area contributed by atoms with E-state index in [-0.39, 0.29) is 17.5 Å². The molecule has 2 fully saturated rings. The molecule has 0 radical (unpaired) electrons. The molecule has 0 spiro atoms. The number of nitrogens with one attached hydrogen (secondary N) is 2. The maximum Gasteiger partial charge on any atom is 0.320 e. The Balaban J connectivity index is 1.55. The first-order chi connectivity index (χ1) is 10.8. The third-order valence-corrected chi connectivity index (χ3v) is 5.17. The van der Waals surface area contributed by atoms with Crippen LogP contribution in [0.4, 0.5) is 10.6 Å². The van der Waals surface area contributed by atoms with Gasteiger partial charge >= 0.3 is 6.03 Å². The molecule has 2 N–H and O–H groups in total. The highest BCUT2D eigenvalue weighted by Gasteiger charge is 2.36. The molecule has 2 aliphatic rings. The van der Waals surface area contributed by atoms with Crippen LogP contribution in [-0.4, -0.2) is 41.3 Å². The summed E-state index contributed by atoms with van der Waals surface area (Å²) in [5.41, 5.74) is -0.116. The number of nitrogens with zero attached hydrogens (tertiary/aromatic N) is 2. The lowest BCUT2D eigenvalue weighted by Gasteiger charge is -2.47. The highest BCUT2D eigenvalue weighted by atomic mass is 16.5. The van der Waals surface area contributed by atoms with Crippen LogP contribution in [0.5, 0.6) is 0 Å². The van der Waals surface area contributed by atoms with E-state index in [1.54, 1.807) is 6.07 Å². The Morgan fingerprint density at radius 2 is 1.96 bits per heavy atom. The molecule has 0 unspecified atom stereocenters. The van der Waals surface area contributed by atoms with Crippen LogP contribution >= 0.6 is 0 Å². The van der Waals surface area contributed by atoms with Crippen LogP contribution in [0.15, 0.2) is 10.6 Å². The second kappa shape index (κ2) is 6.15. The number of fused-ring (bicyclic) bond motifs is 2. The number of urea groups is 1. The average molecular weight is 320 g/mol. The van der Waals surface area contributed by atoms with Crippen molar-refractivity contribution in [1.29, 1.82) is 0 Å². The number of anilines is 1. The van der Waals surface area contributed by atoms with E-state index >= 15 is 0 Å². The zero-order valence-electron chi connectivity index (χ0n) is 14.6. The normalized spacial score (nSPS) is 28.4. The fourth-order valence-electron chi connectivity index (χ4n) is 3.76. The summed E-state index contributed by atoms with van der Waals surface area (Å²) in [6.07, 6.45) is 5.86. The van der Waals surface area contributed by atoms with E-state index in [1.165, 1.54) is 19.3 Å². The number of rotatable bonds is 2. The molecule has 3 rings (SSSR count). The van der Waals surface area contributed by atoms with Gasteiger partial charge in [-0.1, -0.05) is 32.3 Å². The first kappa shape index (κ1) is 16.3. The second-order valence-corrected chi connectivity index (χ2v) is 8.00. The Morgan fingerprint density at radius 3 is 2.52 bits per heavy atom. The van der Waals surface area contributed by atoms with Gasteiger partial charge in [0.05, 0.1) is 0 Å². The predicted molar refractivity (Wildman–Crippen MR) is 89.6 cm³/mol. The Morgan fingerprint density at radius 1 is 1.30 bits per heavy atom. The molecule has 6 heteroatoms. The van der Waals surface area contributed by atoms with E-state index in [9.17, 15) is 4.79 Å². The summed E-state index contributed by atoms with van der Waals surface area (Å²) in [5, 5.41) is 9.83. The number of carbonyl (C=O) groups is 1. The monoisotopic (exact) mass is 320 g/mol. The molecule has 0 aromatic carbocycles. The molecular weight excluding hydrogens is 292 g/mol. The molecule has 2 saturated heterocycles. The minimum atomic E-state index is -0.189. The van der Waals surface area contributed by atoms with Gasteiger partial charge in [0.25, 0.3) is 0 Å². The van der Waals surface area contributed by atoms with Crippen LogP contribution in [0.1, 0.15) is 58.6 Å². The summed E-state index contributed by atoms with van der Waals surface area (Å²) in [6, 6.07) is 3.06. The van der Waals surface area contributed by atoms with Crippen molar-refractivity contribution in [2.45, 2.75) is 76.4 Å². The number of carbonyl (C=O) groups excluding carboxylic acids is 1. The van der Waals surface area contributed by atoms with Crippen molar-refractivity contribution >= 4 is 11.8 Å². The summed E-state index contributed by atoms with van der Waals surface area (Å²) in [4.78, 5) is 14.7. The number of hydrogen-bond donors (Lipinski definition) is 2. The van der Waals surface area contributed by atoms with Crippen LogP contribution in [0, 0.1) is 0 Å². The van der Waals surface area contributed by atoms with Crippen molar-refractivity contribution in [1.82, 2.24) is 15.4 Å². The van der Waals surface area contributed by atoms with Crippen LogP contribution in [0.25, 0.3) is 0 Å². The zero-order chi connectivity index (χ0) is 16.6. The predicted octanol–water partition coefficient (Wildman–Crippen LogP) is 3.11. The Bertz CT molecular complexity index is 549. The number of aromatic nitrogens is 1. The third-order valence-electron chi connectivity index (χ3n) is 5.17. The van der Waals surface area contributed by atoms with Gasteiger partial charge in [-0.05, 0) is 32.7 Å². The van der Waals surface area contributed by atoms with Crippen LogP contribution in [0.2, 0.25) is 0 Å². The van der Waals surface area contributed by atoms with Gasteiger partial charge in [-0.15, -0.1) is 0 Å². The largest absolute Gasteiger partial charge is 0.359 e. The molecule has 0 aliphatic carbocycles. The van der Waals surface area contributed by atoms with E-state index < -0.39 is 0 Å². The van der Waals surface area contributed by atoms with E-state index in [2.05, 4.69) is 48.5 Å². The number of piperidine rings is 2. The molecule has 1 aromatic heterocycles. The standard InChI is InChI=1S/C17H28N4O2/c1-17(2,3)14-10-15(20-23-14)19-16(22)18-11-8-12-6-5-7-13(9-11)21(12)4/h10-13H,5-9H2,1-4H3,(H2,18,19,20,22)/t12-,13-/m0/s1. The molecule has 0 saturated carbocycles. The average Bonchev–Trinajstić information content (AvgIpc) is 2.88. The SMILES string of the molecule is CN1[C@H]2CCC[C@H]1CC(NC(=O)Nc1cc(C(C)(C)C)on1)C2. The number of hydrogen-bond acceptors (Lipinski definition) is 4. The number of amides is 2. The van der Waals surface area contributed by atoms with Crippen molar-refractivity contribution in [3.63, 3.8) is 0 Å². The summed E-state index contributed by atoms with van der Waals surface area (Å²) < 4.78 is 5.30. The molecular formula is C17H28N4O2. The maximum atomic E-state index is 12.2. The molecule has 2 aliphatic heterocycles. The molecule has 6 nitrogen and oxygen atoms in total. The van der Waals surface area contributed by atoms with Crippen LogP contribution < -0.4 is 10.6 Å². The molecule has 2 bridgehead atoms. The maximum absolute atomic E-state index is 12.2. The van der Waals surface area contributed by atoms with Gasteiger partial charge in [0, 0.05) is 29.6 Å². The molecule has 3 heterocycles. The lowest BCUT2D eigenvalue weighted by Crippen LogP contribution is -2.55. The molecule has 2 atom stereocenters. The van der Waals surface area contributed by atoms with Gasteiger partial charge in [0.15, 0.2) is 5.82 Å². The topological polar surface area (TPSA) is 70.4 Å². The van der Waals surface area contributed by atoms with Crippen molar-refractivity contribution in [2.24, 2.45) is 0 Å². The second-order valence-electron chi connectivity index (χ2n) is 8.00. The van der Waals surface area contributed by atoms with Gasteiger partial charge in [0.1, 0.15) is 5.76 Å². The summed E-state index contributed by atoms with van der Waals surface area (Å²) >= 11 is 0. The highest BCUT2D eigenvalue weighted by molar-refractivity contribution is 5.88. The van der Waals surface area contributed by atoms with Crippen LogP contribution in [0.3, 0.4) is 0 Å². The minimum absolute atomic E-state index is 0.116. The summed E-state index contributed by atoms with van der Waals surface area (Å²) in [6.45, 7) is 6.15. The van der Waals surface area contributed by atoms with Gasteiger partial charge in [-0.25, -0.2) is 4.79 Å². The lowest BCUT2D eigenvalue weighted by atomic mass is 9.82. The fourth-order valence-corrected chi connectivity index (χ4v) is 3.76. The lowest BCUT2D eigenvalue weighted by molar-refractivity contribution is 0.0513. The van der Waals surface area contributed by atoms with Crippen molar-refractivity contribution in [3.8, 4) is 0 Å². The summed E-state index contributed by atoms with van der Waals surface area (Å²) in [7, 11) is 2.22. The van der Waals surface area contributed by atoms with E-state index in [1.807, 2.05) is 0 Å². The van der Waals surface area contributed by atoms with Crippen molar-refractivity contribution in [3.05, 3.63) is 11.8 Å². The molecule has 23 heavy (non-hydrogen) atoms. The smallest absolute Gasteiger partial charge is 0.320 e. The van der Waals surface area contributed by atoms with E-state index in [0.29, 0.717) is 17.9 Å². The first-order valence-electron chi connectivity index (χ1n) is 8.59. The quantitative estimate of drug-likeness (QED) is 0.878. The van der Waals surface area contributed by atoms with Gasteiger partial charge in [-0.2, -0.15) is 0 Å². The van der Waals surface area contributed by atoms with Gasteiger partial charge in [0.2, 0.25) is 0 Å². The summed E-state index contributed by atoms with van der Waals surface area (Å²) in [5.74, 6) is 1.24. The van der Waals surface area contributed by atoms with Crippen LogP contribution in [-0.2, 0) is 5.41 Å². The minimum Gasteiger partial charge on any atom is -0.359 e. The highest BCUT2D eigenvalue weighted by Crippen LogP contribution is 2.32. The molecule has 2 amide bonds. The Hall–Kier alpha value is -1.56. The van der Waals surface area contributed by atoms with E-state index in [0.717, 1.165) is 18.6 Å². The van der Waals surface area contributed by atoms with Gasteiger partial charge in [-0.3, -0.25) is 5.32 Å². The zero-order valence-corrected chi connectivity index (χ0v) is 14.6. The Kier molecular flexibility index (Phi) is 4.36. The van der Waals surface area contributed by atoms with Crippen molar-refractivity contribution < 1.29 is 9.32 Å². The molecule has 1 aromatic rings. The van der Waals surface area contributed by atoms with Gasteiger partial charge < -0.3 is 14.7 Å².